The van der Waals surface area contributed by atoms with Crippen molar-refractivity contribution in [3.8, 4) is 0 Å². The van der Waals surface area contributed by atoms with Crippen molar-refractivity contribution in [1.29, 1.82) is 0 Å². The molecule has 0 heterocycles. The highest BCUT2D eigenvalue weighted by molar-refractivity contribution is 6.67. The number of unbranched alkanes of at least 4 members (excludes halogenated alkanes) is 17. The molecule has 0 saturated heterocycles. The lowest BCUT2D eigenvalue weighted by Crippen LogP contribution is -2.39. The molecule has 0 unspecified atom stereocenters. The maximum Gasteiger partial charge on any atom is 0.337 e. The zero-order valence-corrected chi connectivity index (χ0v) is 21.2. The van der Waals surface area contributed by atoms with Crippen LogP contribution in [0.4, 0.5) is 0 Å². The molecule has 0 saturated carbocycles. The summed E-state index contributed by atoms with van der Waals surface area (Å²) < 4.78 is 11.8. The third-order valence-electron chi connectivity index (χ3n) is 6.32. The first-order valence-corrected chi connectivity index (χ1v) is 15.1. The van der Waals surface area contributed by atoms with Gasteiger partial charge in [0, 0.05) is 14.2 Å². The van der Waals surface area contributed by atoms with Crippen LogP contribution >= 0.6 is 0 Å². The van der Waals surface area contributed by atoms with Gasteiger partial charge in [-0.2, -0.15) is 0 Å². The van der Waals surface area contributed by atoms with Crippen LogP contribution in [-0.2, 0) is 8.85 Å². The summed E-state index contributed by atoms with van der Waals surface area (Å²) in [5.41, 5.74) is 0. The van der Waals surface area contributed by atoms with E-state index in [1.807, 2.05) is 14.2 Å². The molecule has 3 heteroatoms. The van der Waals surface area contributed by atoms with Gasteiger partial charge in [0.25, 0.3) is 0 Å². The second kappa shape index (κ2) is 21.8. The van der Waals surface area contributed by atoms with Gasteiger partial charge in [0.05, 0.1) is 0 Å². The minimum atomic E-state index is -1.91. The molecule has 170 valence electrons. The number of hydrogen-bond acceptors (Lipinski definition) is 2. The van der Waals surface area contributed by atoms with Crippen LogP contribution in [0, 0.1) is 0 Å². The Bertz CT molecular complexity index is 292. The fourth-order valence-corrected chi connectivity index (χ4v) is 7.01. The molecule has 0 aromatic heterocycles. The molecule has 0 aromatic rings. The van der Waals surface area contributed by atoms with E-state index < -0.39 is 8.56 Å². The minimum absolute atomic E-state index is 1.18. The van der Waals surface area contributed by atoms with Crippen LogP contribution in [0.2, 0.25) is 12.1 Å². The summed E-state index contributed by atoms with van der Waals surface area (Å²) in [5.74, 6) is 0. The second-order valence-corrected chi connectivity index (χ2v) is 12.5. The van der Waals surface area contributed by atoms with E-state index in [2.05, 4.69) is 13.8 Å². The van der Waals surface area contributed by atoms with Gasteiger partial charge in [-0.25, -0.2) is 0 Å². The lowest BCUT2D eigenvalue weighted by molar-refractivity contribution is 0.238. The van der Waals surface area contributed by atoms with Crippen LogP contribution < -0.4 is 0 Å². The normalized spacial score (nSPS) is 12.0. The van der Waals surface area contributed by atoms with Crippen molar-refractivity contribution in [2.75, 3.05) is 14.2 Å². The van der Waals surface area contributed by atoms with Crippen LogP contribution in [0.5, 0.6) is 0 Å². The van der Waals surface area contributed by atoms with E-state index in [0.717, 1.165) is 0 Å². The second-order valence-electron chi connectivity index (χ2n) is 8.83. The molecule has 0 rings (SSSR count). The van der Waals surface area contributed by atoms with Gasteiger partial charge < -0.3 is 8.85 Å². The third-order valence-corrected chi connectivity index (χ3v) is 10.0. The Morgan fingerprint density at radius 1 is 0.393 bits per heavy atom. The Hall–Kier alpha value is 0.137. The monoisotopic (exact) mass is 414 g/mol. The van der Waals surface area contributed by atoms with E-state index in [9.17, 15) is 0 Å². The van der Waals surface area contributed by atoms with Gasteiger partial charge in [-0.15, -0.1) is 0 Å². The molecule has 0 atom stereocenters. The maximum atomic E-state index is 5.92. The summed E-state index contributed by atoms with van der Waals surface area (Å²) in [7, 11) is 1.85. The molecule has 28 heavy (non-hydrogen) atoms. The lowest BCUT2D eigenvalue weighted by atomic mass is 10.0. The summed E-state index contributed by atoms with van der Waals surface area (Å²) in [6.07, 6.45) is 26.6. The van der Waals surface area contributed by atoms with Crippen LogP contribution in [0.1, 0.15) is 136 Å². The molecular formula is C25H54O2Si. The number of rotatable bonds is 23. The summed E-state index contributed by atoms with van der Waals surface area (Å²) in [6.45, 7) is 4.57. The molecule has 2 nitrogen and oxygen atoms in total. The Morgan fingerprint density at radius 3 is 0.893 bits per heavy atom. The minimum Gasteiger partial charge on any atom is -0.398 e. The molecule has 0 aliphatic heterocycles. The molecule has 0 fully saturated rings. The molecule has 0 radical (unpaired) electrons. The summed E-state index contributed by atoms with van der Waals surface area (Å²) in [4.78, 5) is 0. The van der Waals surface area contributed by atoms with Crippen LogP contribution in [0.15, 0.2) is 0 Å². The van der Waals surface area contributed by atoms with E-state index in [1.54, 1.807) is 0 Å². The Labute approximate surface area is 179 Å². The maximum absolute atomic E-state index is 5.92. The molecule has 0 amide bonds. The van der Waals surface area contributed by atoms with E-state index in [-0.39, 0.29) is 0 Å². The number of hydrogen-bond donors (Lipinski definition) is 0. The molecule has 0 aliphatic rings. The molecule has 0 bridgehead atoms. The van der Waals surface area contributed by atoms with Gasteiger partial charge in [0.2, 0.25) is 0 Å². The predicted octanol–water partition coefficient (Wildman–Crippen LogP) is 9.17. The quantitative estimate of drug-likeness (QED) is 0.122. The Balaban J connectivity index is 3.52. The van der Waals surface area contributed by atoms with Crippen molar-refractivity contribution in [3.63, 3.8) is 0 Å². The third kappa shape index (κ3) is 17.0. The van der Waals surface area contributed by atoms with Crippen molar-refractivity contribution < 1.29 is 8.85 Å². The van der Waals surface area contributed by atoms with E-state index in [0.29, 0.717) is 0 Å². The predicted molar refractivity (Wildman–Crippen MR) is 128 cm³/mol. The first-order chi connectivity index (χ1) is 13.7. The summed E-state index contributed by atoms with van der Waals surface area (Å²) >= 11 is 0. The zero-order chi connectivity index (χ0) is 20.8. The first-order valence-electron chi connectivity index (χ1n) is 12.8. The molecule has 0 aliphatic carbocycles. The average molecular weight is 415 g/mol. The van der Waals surface area contributed by atoms with Crippen LogP contribution in [0.3, 0.4) is 0 Å². The van der Waals surface area contributed by atoms with Crippen molar-refractivity contribution in [1.82, 2.24) is 0 Å². The first kappa shape index (κ1) is 28.1. The highest BCUT2D eigenvalue weighted by Gasteiger charge is 2.33. The molecule has 0 spiro atoms. The standard InChI is InChI=1S/C25H54O2Si/c1-5-7-9-11-12-13-14-15-16-17-18-19-21-23-25-28(26-3,27-4)24-22-20-10-8-6-2/h5-25H2,1-4H3. The van der Waals surface area contributed by atoms with Gasteiger partial charge in [-0.1, -0.05) is 136 Å². The highest BCUT2D eigenvalue weighted by Crippen LogP contribution is 2.25. The van der Waals surface area contributed by atoms with E-state index >= 15 is 0 Å². The van der Waals surface area contributed by atoms with Gasteiger partial charge in [-0.3, -0.25) is 0 Å². The fourth-order valence-electron chi connectivity index (χ4n) is 4.20. The Morgan fingerprint density at radius 2 is 0.643 bits per heavy atom. The van der Waals surface area contributed by atoms with Gasteiger partial charge >= 0.3 is 8.56 Å². The topological polar surface area (TPSA) is 18.5 Å². The average Bonchev–Trinajstić information content (AvgIpc) is 2.72. The van der Waals surface area contributed by atoms with Crippen molar-refractivity contribution >= 4 is 8.56 Å². The SMILES string of the molecule is CCCCCCCCCCCCCCCC[Si](CCCCCCC)(OC)OC. The summed E-state index contributed by atoms with van der Waals surface area (Å²) in [5, 5.41) is 0. The van der Waals surface area contributed by atoms with Gasteiger partial charge in [-0.05, 0) is 12.1 Å². The van der Waals surface area contributed by atoms with Crippen LogP contribution in [0.25, 0.3) is 0 Å². The molecule has 0 N–H and O–H groups in total. The highest BCUT2D eigenvalue weighted by atomic mass is 28.4. The van der Waals surface area contributed by atoms with Gasteiger partial charge in [0.1, 0.15) is 0 Å². The fraction of sp³-hybridized carbons (Fsp3) is 1.00. The Kier molecular flexibility index (Phi) is 21.9. The van der Waals surface area contributed by atoms with Crippen molar-refractivity contribution in [2.45, 2.75) is 148 Å². The summed E-state index contributed by atoms with van der Waals surface area (Å²) in [6, 6.07) is 2.37. The zero-order valence-electron chi connectivity index (χ0n) is 20.2. The van der Waals surface area contributed by atoms with Gasteiger partial charge in [0.15, 0.2) is 0 Å². The smallest absolute Gasteiger partial charge is 0.337 e. The van der Waals surface area contributed by atoms with E-state index in [1.165, 1.54) is 134 Å². The molecular weight excluding hydrogens is 360 g/mol. The van der Waals surface area contributed by atoms with Crippen molar-refractivity contribution in [3.05, 3.63) is 0 Å². The largest absolute Gasteiger partial charge is 0.398 e. The van der Waals surface area contributed by atoms with Crippen molar-refractivity contribution in [2.24, 2.45) is 0 Å². The van der Waals surface area contributed by atoms with E-state index in [4.69, 9.17) is 8.85 Å². The van der Waals surface area contributed by atoms with Crippen LogP contribution in [-0.4, -0.2) is 22.8 Å². The molecule has 0 aromatic carbocycles. The lowest BCUT2D eigenvalue weighted by Gasteiger charge is -2.27.